The van der Waals surface area contributed by atoms with E-state index in [0.29, 0.717) is 23.0 Å². The predicted molar refractivity (Wildman–Crippen MR) is 104 cm³/mol. The van der Waals surface area contributed by atoms with Gasteiger partial charge in [-0.1, -0.05) is 41.6 Å². The van der Waals surface area contributed by atoms with Gasteiger partial charge in [0.05, 0.1) is 17.0 Å². The second-order valence-corrected chi connectivity index (χ2v) is 8.46. The first-order valence-corrected chi connectivity index (χ1v) is 10.6. The molecule has 0 amide bonds. The Hall–Kier alpha value is -3.04. The number of halogens is 1. The normalized spacial score (nSPS) is 11.5. The Morgan fingerprint density at radius 1 is 1.04 bits per heavy atom. The Morgan fingerprint density at radius 3 is 2.61 bits per heavy atom. The lowest BCUT2D eigenvalue weighted by Crippen LogP contribution is -2.15. The van der Waals surface area contributed by atoms with Crippen molar-refractivity contribution in [3.8, 4) is 10.7 Å². The average Bonchev–Trinajstić information content (AvgIpc) is 3.35. The highest BCUT2D eigenvalue weighted by Gasteiger charge is 2.20. The van der Waals surface area contributed by atoms with E-state index in [9.17, 15) is 12.8 Å². The number of anilines is 1. The number of nitrogens with one attached hydrogen (secondary N) is 1. The van der Waals surface area contributed by atoms with Crippen LogP contribution in [-0.2, 0) is 16.4 Å². The molecule has 0 spiro atoms. The lowest BCUT2D eigenvalue weighted by molar-refractivity contribution is 0.386. The SMILES string of the molecule is O=S(=O)(Nc1ccccc1Cc1nc(-c2cccs2)no1)c1ccccc1F. The number of aromatic nitrogens is 2. The van der Waals surface area contributed by atoms with E-state index >= 15 is 0 Å². The number of hydrogen-bond acceptors (Lipinski definition) is 6. The molecular weight excluding hydrogens is 401 g/mol. The maximum atomic E-state index is 13.9. The van der Waals surface area contributed by atoms with Crippen LogP contribution in [-0.4, -0.2) is 18.6 Å². The number of rotatable bonds is 6. The summed E-state index contributed by atoms with van der Waals surface area (Å²) in [6.07, 6.45) is 0.230. The Balaban J connectivity index is 1.60. The highest BCUT2D eigenvalue weighted by Crippen LogP contribution is 2.25. The van der Waals surface area contributed by atoms with Crippen LogP contribution < -0.4 is 4.72 Å². The van der Waals surface area contributed by atoms with Gasteiger partial charge in [-0.2, -0.15) is 4.98 Å². The molecule has 2 heterocycles. The van der Waals surface area contributed by atoms with Crippen LogP contribution in [0, 0.1) is 5.82 Å². The van der Waals surface area contributed by atoms with Gasteiger partial charge in [0.1, 0.15) is 10.7 Å². The number of sulfonamides is 1. The van der Waals surface area contributed by atoms with E-state index in [1.807, 2.05) is 17.5 Å². The van der Waals surface area contributed by atoms with E-state index in [-0.39, 0.29) is 6.42 Å². The summed E-state index contributed by atoms with van der Waals surface area (Å²) in [6, 6.07) is 15.8. The van der Waals surface area contributed by atoms with Crippen molar-refractivity contribution in [3.63, 3.8) is 0 Å². The van der Waals surface area contributed by atoms with Gasteiger partial charge in [-0.05, 0) is 35.2 Å². The fraction of sp³-hybridized carbons (Fsp3) is 0.0526. The number of para-hydroxylation sites is 1. The van der Waals surface area contributed by atoms with Crippen LogP contribution in [0.4, 0.5) is 10.1 Å². The highest BCUT2D eigenvalue weighted by atomic mass is 32.2. The molecule has 4 rings (SSSR count). The lowest BCUT2D eigenvalue weighted by Gasteiger charge is -2.12. The van der Waals surface area contributed by atoms with E-state index in [2.05, 4.69) is 14.9 Å². The largest absolute Gasteiger partial charge is 0.339 e. The number of hydrogen-bond donors (Lipinski definition) is 1. The molecular formula is C19H14FN3O3S2. The molecule has 0 atom stereocenters. The van der Waals surface area contributed by atoms with E-state index in [0.717, 1.165) is 10.9 Å². The summed E-state index contributed by atoms with van der Waals surface area (Å²) in [4.78, 5) is 4.82. The van der Waals surface area contributed by atoms with Gasteiger partial charge < -0.3 is 4.52 Å². The second-order valence-electron chi connectivity index (χ2n) is 5.86. The van der Waals surface area contributed by atoms with Gasteiger partial charge in [-0.15, -0.1) is 11.3 Å². The maximum absolute atomic E-state index is 13.9. The van der Waals surface area contributed by atoms with Crippen molar-refractivity contribution in [1.82, 2.24) is 10.1 Å². The molecule has 142 valence electrons. The van der Waals surface area contributed by atoms with Crippen molar-refractivity contribution in [2.24, 2.45) is 0 Å². The maximum Gasteiger partial charge on any atom is 0.264 e. The van der Waals surface area contributed by atoms with Crippen LogP contribution in [0.2, 0.25) is 0 Å². The molecule has 6 nitrogen and oxygen atoms in total. The minimum atomic E-state index is -4.08. The number of thiophene rings is 1. The van der Waals surface area contributed by atoms with Gasteiger partial charge in [0.25, 0.3) is 10.0 Å². The number of nitrogens with zero attached hydrogens (tertiary/aromatic N) is 2. The standard InChI is InChI=1S/C19H14FN3O3S2/c20-14-7-2-4-10-17(14)28(24,25)23-15-8-3-1-6-13(15)12-18-21-19(22-26-18)16-9-5-11-27-16/h1-11,23H,12H2. The smallest absolute Gasteiger partial charge is 0.264 e. The van der Waals surface area contributed by atoms with E-state index < -0.39 is 20.7 Å². The molecule has 9 heteroatoms. The Bertz CT molecular complexity index is 1200. The predicted octanol–water partition coefficient (Wildman–Crippen LogP) is 4.33. The van der Waals surface area contributed by atoms with Crippen LogP contribution in [0.15, 0.2) is 75.5 Å². The zero-order valence-corrected chi connectivity index (χ0v) is 16.0. The molecule has 1 N–H and O–H groups in total. The molecule has 0 saturated carbocycles. The van der Waals surface area contributed by atoms with Gasteiger partial charge in [0.2, 0.25) is 11.7 Å². The summed E-state index contributed by atoms with van der Waals surface area (Å²) < 4.78 is 46.8. The third kappa shape index (κ3) is 3.80. The van der Waals surface area contributed by atoms with Crippen LogP contribution in [0.25, 0.3) is 10.7 Å². The van der Waals surface area contributed by atoms with E-state index in [1.54, 1.807) is 24.3 Å². The molecule has 0 aliphatic carbocycles. The van der Waals surface area contributed by atoms with E-state index in [1.165, 1.54) is 29.5 Å². The molecule has 4 aromatic rings. The van der Waals surface area contributed by atoms with Crippen LogP contribution in [0.5, 0.6) is 0 Å². The number of benzene rings is 2. The van der Waals surface area contributed by atoms with Gasteiger partial charge in [-0.3, -0.25) is 4.72 Å². The molecule has 0 unspecified atom stereocenters. The summed E-state index contributed by atoms with van der Waals surface area (Å²) in [6.45, 7) is 0. The van der Waals surface area contributed by atoms with Crippen molar-refractivity contribution in [2.45, 2.75) is 11.3 Å². The van der Waals surface area contributed by atoms with E-state index in [4.69, 9.17) is 4.52 Å². The fourth-order valence-corrected chi connectivity index (χ4v) is 4.46. The topological polar surface area (TPSA) is 85.1 Å². The first-order valence-electron chi connectivity index (χ1n) is 8.25. The van der Waals surface area contributed by atoms with Gasteiger partial charge in [0.15, 0.2) is 0 Å². The zero-order valence-electron chi connectivity index (χ0n) is 14.4. The molecule has 2 aromatic heterocycles. The third-order valence-electron chi connectivity index (χ3n) is 3.94. The Morgan fingerprint density at radius 2 is 1.82 bits per heavy atom. The van der Waals surface area contributed by atoms with Crippen molar-refractivity contribution >= 4 is 27.0 Å². The summed E-state index contributed by atoms with van der Waals surface area (Å²) in [5.41, 5.74) is 0.949. The minimum absolute atomic E-state index is 0.230. The van der Waals surface area contributed by atoms with Crippen molar-refractivity contribution in [3.05, 3.63) is 83.3 Å². The first-order chi connectivity index (χ1) is 13.5. The molecule has 0 fully saturated rings. The minimum Gasteiger partial charge on any atom is -0.339 e. The van der Waals surface area contributed by atoms with Crippen LogP contribution in [0.1, 0.15) is 11.5 Å². The van der Waals surface area contributed by atoms with Gasteiger partial charge >= 0.3 is 0 Å². The molecule has 0 radical (unpaired) electrons. The quantitative estimate of drug-likeness (QED) is 0.507. The van der Waals surface area contributed by atoms with Gasteiger partial charge in [-0.25, -0.2) is 12.8 Å². The van der Waals surface area contributed by atoms with Crippen molar-refractivity contribution in [2.75, 3.05) is 4.72 Å². The zero-order chi connectivity index (χ0) is 19.6. The Labute approximate surface area is 164 Å². The molecule has 0 bridgehead atoms. The molecule has 0 saturated heterocycles. The third-order valence-corrected chi connectivity index (χ3v) is 6.20. The summed E-state index contributed by atoms with van der Waals surface area (Å²) in [5, 5.41) is 5.87. The van der Waals surface area contributed by atoms with Gasteiger partial charge in [0, 0.05) is 0 Å². The van der Waals surface area contributed by atoms with Crippen LogP contribution >= 0.6 is 11.3 Å². The summed E-state index contributed by atoms with van der Waals surface area (Å²) in [5.74, 6) is 0.0142. The van der Waals surface area contributed by atoms with Crippen LogP contribution in [0.3, 0.4) is 0 Å². The monoisotopic (exact) mass is 415 g/mol. The lowest BCUT2D eigenvalue weighted by atomic mass is 10.1. The first kappa shape index (κ1) is 18.3. The molecule has 0 aliphatic rings. The van der Waals surface area contributed by atoms with Crippen molar-refractivity contribution < 1.29 is 17.3 Å². The Kier molecular flexibility index (Phi) is 4.93. The molecule has 2 aromatic carbocycles. The summed E-state index contributed by atoms with van der Waals surface area (Å²) in [7, 11) is -4.08. The summed E-state index contributed by atoms with van der Waals surface area (Å²) >= 11 is 1.49. The molecule has 0 aliphatic heterocycles. The average molecular weight is 415 g/mol. The second kappa shape index (κ2) is 7.53. The highest BCUT2D eigenvalue weighted by molar-refractivity contribution is 7.92. The van der Waals surface area contributed by atoms with Crippen molar-refractivity contribution in [1.29, 1.82) is 0 Å². The molecule has 28 heavy (non-hydrogen) atoms. The fourth-order valence-electron chi connectivity index (χ4n) is 2.63.